The average molecular weight is 306 g/mol. The molecule has 0 spiro atoms. The second-order valence-corrected chi connectivity index (χ2v) is 5.79. The number of hydrogen-bond acceptors (Lipinski definition) is 5. The normalized spacial score (nSPS) is 10.9. The first-order valence-electron chi connectivity index (χ1n) is 5.70. The molecular weight excluding hydrogens is 295 g/mol. The minimum atomic E-state index is -3.83. The van der Waals surface area contributed by atoms with Gasteiger partial charge in [-0.3, -0.25) is 0 Å². The van der Waals surface area contributed by atoms with Crippen molar-refractivity contribution in [3.63, 3.8) is 0 Å². The molecule has 0 atom stereocenters. The van der Waals surface area contributed by atoms with Crippen LogP contribution in [0.15, 0.2) is 41.3 Å². The Labute approximate surface area is 120 Å². The van der Waals surface area contributed by atoms with E-state index in [-0.39, 0.29) is 16.1 Å². The van der Waals surface area contributed by atoms with E-state index >= 15 is 0 Å². The highest BCUT2D eigenvalue weighted by atomic mass is 32.2. The molecule has 0 amide bonds. The van der Waals surface area contributed by atoms with Crippen LogP contribution in [0.3, 0.4) is 0 Å². The molecule has 0 aliphatic heterocycles. The number of nitrogens with two attached hydrogens (primary N) is 2. The number of rotatable bonds is 3. The monoisotopic (exact) mass is 306 g/mol. The van der Waals surface area contributed by atoms with Gasteiger partial charge < -0.3 is 11.1 Å². The maximum absolute atomic E-state index is 13.2. The summed E-state index contributed by atoms with van der Waals surface area (Å²) in [5.41, 5.74) is 6.65. The lowest BCUT2D eigenvalue weighted by Crippen LogP contribution is -2.12. The molecule has 0 aliphatic carbocycles. The summed E-state index contributed by atoms with van der Waals surface area (Å²) in [5, 5.41) is 16.6. The van der Waals surface area contributed by atoms with E-state index < -0.39 is 15.8 Å². The van der Waals surface area contributed by atoms with E-state index in [1.54, 1.807) is 6.07 Å². The third-order valence-electron chi connectivity index (χ3n) is 2.72. The zero-order chi connectivity index (χ0) is 15.6. The van der Waals surface area contributed by atoms with Gasteiger partial charge in [-0.1, -0.05) is 0 Å². The van der Waals surface area contributed by atoms with E-state index in [1.165, 1.54) is 30.3 Å². The van der Waals surface area contributed by atoms with Crippen LogP contribution in [0.2, 0.25) is 0 Å². The molecule has 0 aliphatic rings. The van der Waals surface area contributed by atoms with Crippen molar-refractivity contribution in [1.29, 1.82) is 5.26 Å². The highest BCUT2D eigenvalue weighted by molar-refractivity contribution is 7.89. The molecule has 0 unspecified atom stereocenters. The van der Waals surface area contributed by atoms with Gasteiger partial charge in [0.25, 0.3) is 0 Å². The number of hydrogen-bond donors (Lipinski definition) is 3. The summed E-state index contributed by atoms with van der Waals surface area (Å²) in [6.45, 7) is 0. The number of anilines is 3. The predicted molar refractivity (Wildman–Crippen MR) is 76.6 cm³/mol. The highest BCUT2D eigenvalue weighted by Gasteiger charge is 2.10. The summed E-state index contributed by atoms with van der Waals surface area (Å²) >= 11 is 0. The van der Waals surface area contributed by atoms with Gasteiger partial charge >= 0.3 is 0 Å². The molecule has 0 heterocycles. The third-order valence-corrected chi connectivity index (χ3v) is 3.63. The van der Waals surface area contributed by atoms with Gasteiger partial charge in [0.05, 0.1) is 21.8 Å². The fraction of sp³-hybridized carbons (Fsp3) is 0. The van der Waals surface area contributed by atoms with Crippen molar-refractivity contribution in [2.24, 2.45) is 5.14 Å². The zero-order valence-corrected chi connectivity index (χ0v) is 11.5. The van der Waals surface area contributed by atoms with Crippen molar-refractivity contribution in [2.75, 3.05) is 11.1 Å². The van der Waals surface area contributed by atoms with Gasteiger partial charge in [0.2, 0.25) is 10.0 Å². The molecule has 108 valence electrons. The van der Waals surface area contributed by atoms with Gasteiger partial charge in [0.15, 0.2) is 0 Å². The Balaban J connectivity index is 2.35. The first kappa shape index (κ1) is 14.8. The molecule has 0 bridgehead atoms. The Hall–Kier alpha value is -2.63. The average Bonchev–Trinajstić information content (AvgIpc) is 2.42. The van der Waals surface area contributed by atoms with Crippen LogP contribution in [0.5, 0.6) is 0 Å². The van der Waals surface area contributed by atoms with Crippen molar-refractivity contribution < 1.29 is 12.8 Å². The van der Waals surface area contributed by atoms with Gasteiger partial charge in [-0.15, -0.1) is 0 Å². The molecule has 0 saturated carbocycles. The van der Waals surface area contributed by atoms with Gasteiger partial charge in [-0.2, -0.15) is 5.26 Å². The molecule has 6 nitrogen and oxygen atoms in total. The largest absolute Gasteiger partial charge is 0.397 e. The molecule has 0 saturated heterocycles. The number of halogens is 1. The molecule has 0 aromatic heterocycles. The fourth-order valence-electron chi connectivity index (χ4n) is 1.68. The van der Waals surface area contributed by atoms with Gasteiger partial charge in [0, 0.05) is 5.69 Å². The standard InChI is InChI=1S/C13H11FN4O2S/c14-11-3-1-9(5-8(11)7-15)18-13-4-2-10(6-12(13)16)21(17,19)20/h1-6,18H,16H2,(H2,17,19,20). The van der Waals surface area contributed by atoms with Crippen LogP contribution in [0, 0.1) is 17.1 Å². The topological polar surface area (TPSA) is 122 Å². The maximum Gasteiger partial charge on any atom is 0.238 e. The summed E-state index contributed by atoms with van der Waals surface area (Å²) in [7, 11) is -3.83. The Morgan fingerprint density at radius 3 is 2.48 bits per heavy atom. The van der Waals surface area contributed by atoms with Crippen LogP contribution < -0.4 is 16.2 Å². The van der Waals surface area contributed by atoms with Crippen LogP contribution in [-0.4, -0.2) is 8.42 Å². The van der Waals surface area contributed by atoms with E-state index in [9.17, 15) is 12.8 Å². The number of sulfonamides is 1. The highest BCUT2D eigenvalue weighted by Crippen LogP contribution is 2.26. The fourth-order valence-corrected chi connectivity index (χ4v) is 2.22. The van der Waals surface area contributed by atoms with E-state index in [1.807, 2.05) is 0 Å². The lowest BCUT2D eigenvalue weighted by Gasteiger charge is -2.11. The number of nitrogen functional groups attached to an aromatic ring is 1. The lowest BCUT2D eigenvalue weighted by atomic mass is 10.2. The Morgan fingerprint density at radius 2 is 1.90 bits per heavy atom. The molecule has 5 N–H and O–H groups in total. The van der Waals surface area contributed by atoms with Crippen LogP contribution in [0.1, 0.15) is 5.56 Å². The van der Waals surface area contributed by atoms with Crippen LogP contribution in [-0.2, 0) is 10.0 Å². The van der Waals surface area contributed by atoms with Crippen molar-refractivity contribution in [3.05, 3.63) is 47.8 Å². The van der Waals surface area contributed by atoms with Gasteiger partial charge in [-0.25, -0.2) is 17.9 Å². The maximum atomic E-state index is 13.2. The quantitative estimate of drug-likeness (QED) is 0.744. The molecule has 2 rings (SSSR count). The molecular formula is C13H11FN4O2S. The van der Waals surface area contributed by atoms with Crippen molar-refractivity contribution in [1.82, 2.24) is 0 Å². The molecule has 0 fully saturated rings. The van der Waals surface area contributed by atoms with E-state index in [2.05, 4.69) is 5.32 Å². The van der Waals surface area contributed by atoms with Gasteiger partial charge in [-0.05, 0) is 36.4 Å². The van der Waals surface area contributed by atoms with Crippen LogP contribution >= 0.6 is 0 Å². The van der Waals surface area contributed by atoms with E-state index in [0.29, 0.717) is 11.4 Å². The Morgan fingerprint density at radius 1 is 1.19 bits per heavy atom. The zero-order valence-electron chi connectivity index (χ0n) is 10.7. The SMILES string of the molecule is N#Cc1cc(Nc2ccc(S(N)(=O)=O)cc2N)ccc1F. The second-order valence-electron chi connectivity index (χ2n) is 4.23. The summed E-state index contributed by atoms with van der Waals surface area (Å²) in [5.74, 6) is -0.624. The summed E-state index contributed by atoms with van der Waals surface area (Å²) in [6, 6.07) is 9.57. The molecule has 2 aromatic carbocycles. The van der Waals surface area contributed by atoms with Crippen molar-refractivity contribution in [2.45, 2.75) is 4.90 Å². The molecule has 2 aromatic rings. The number of nitrogens with zero attached hydrogens (tertiary/aromatic N) is 1. The number of nitriles is 1. The Bertz CT molecular complexity index is 844. The smallest absolute Gasteiger partial charge is 0.238 e. The minimum absolute atomic E-state index is 0.109. The van der Waals surface area contributed by atoms with Crippen LogP contribution in [0.25, 0.3) is 0 Å². The second kappa shape index (κ2) is 5.40. The van der Waals surface area contributed by atoms with E-state index in [0.717, 1.165) is 6.07 Å². The molecule has 0 radical (unpaired) electrons. The van der Waals surface area contributed by atoms with Crippen LogP contribution in [0.4, 0.5) is 21.5 Å². The minimum Gasteiger partial charge on any atom is -0.397 e. The number of primary sulfonamides is 1. The number of benzene rings is 2. The van der Waals surface area contributed by atoms with Crippen molar-refractivity contribution >= 4 is 27.1 Å². The summed E-state index contributed by atoms with van der Waals surface area (Å²) in [6.07, 6.45) is 0. The van der Waals surface area contributed by atoms with Crippen molar-refractivity contribution in [3.8, 4) is 6.07 Å². The predicted octanol–water partition coefficient (Wildman–Crippen LogP) is 1.67. The first-order chi connectivity index (χ1) is 9.81. The molecule has 21 heavy (non-hydrogen) atoms. The summed E-state index contributed by atoms with van der Waals surface area (Å²) < 4.78 is 35.6. The first-order valence-corrected chi connectivity index (χ1v) is 7.25. The Kier molecular flexibility index (Phi) is 3.80. The molecule has 8 heteroatoms. The lowest BCUT2D eigenvalue weighted by molar-refractivity contribution is 0.598. The number of nitrogens with one attached hydrogen (secondary N) is 1. The summed E-state index contributed by atoms with van der Waals surface area (Å²) in [4.78, 5) is -0.109. The van der Waals surface area contributed by atoms with E-state index in [4.69, 9.17) is 16.1 Å². The third kappa shape index (κ3) is 3.28. The van der Waals surface area contributed by atoms with Gasteiger partial charge in [0.1, 0.15) is 11.9 Å².